The van der Waals surface area contributed by atoms with Crippen LogP contribution in [0.3, 0.4) is 0 Å². The van der Waals surface area contributed by atoms with Crippen LogP contribution in [-0.4, -0.2) is 10.7 Å². The molecular weight excluding hydrogens is 220 g/mol. The first-order valence-electron chi connectivity index (χ1n) is 5.14. The van der Waals surface area contributed by atoms with Crippen molar-refractivity contribution in [2.75, 3.05) is 11.5 Å². The fourth-order valence-electron chi connectivity index (χ4n) is 1.41. The summed E-state index contributed by atoms with van der Waals surface area (Å²) in [7, 11) is 0. The number of para-hydroxylation sites is 1. The molecule has 1 aromatic heterocycles. The second kappa shape index (κ2) is 5.07. The summed E-state index contributed by atoms with van der Waals surface area (Å²) in [4.78, 5) is 4.23. The van der Waals surface area contributed by atoms with Gasteiger partial charge in [0.15, 0.2) is 0 Å². The summed E-state index contributed by atoms with van der Waals surface area (Å²) in [5, 5.41) is 0.729. The molecule has 84 valence electrons. The van der Waals surface area contributed by atoms with Gasteiger partial charge in [-0.25, -0.2) is 4.98 Å². The zero-order chi connectivity index (χ0) is 11.4. The van der Waals surface area contributed by atoms with Gasteiger partial charge in [0.25, 0.3) is 5.22 Å². The summed E-state index contributed by atoms with van der Waals surface area (Å²) < 4.78 is 5.25. The predicted molar refractivity (Wildman–Crippen MR) is 66.5 cm³/mol. The van der Waals surface area contributed by atoms with E-state index in [-0.39, 0.29) is 0 Å². The van der Waals surface area contributed by atoms with Gasteiger partial charge in [-0.1, -0.05) is 30.0 Å². The molecule has 0 bridgehead atoms. The highest BCUT2D eigenvalue weighted by Crippen LogP contribution is 2.20. The molecule has 0 fully saturated rings. The number of aryl methyl sites for hydroxylation is 2. The lowest BCUT2D eigenvalue weighted by atomic mass is 10.1. The third kappa shape index (κ3) is 2.79. The van der Waals surface area contributed by atoms with Crippen LogP contribution < -0.4 is 5.73 Å². The van der Waals surface area contributed by atoms with E-state index in [2.05, 4.69) is 11.1 Å². The second-order valence-electron chi connectivity index (χ2n) is 3.55. The van der Waals surface area contributed by atoms with Crippen LogP contribution in [0.4, 0.5) is 5.69 Å². The third-order valence-corrected chi connectivity index (χ3v) is 3.09. The maximum atomic E-state index is 5.86. The molecule has 0 aliphatic rings. The topological polar surface area (TPSA) is 52.0 Å². The van der Waals surface area contributed by atoms with Crippen LogP contribution in [0, 0.1) is 6.92 Å². The Balaban J connectivity index is 1.87. The molecular formula is C12H14N2OS. The Morgan fingerprint density at radius 2 is 2.19 bits per heavy atom. The lowest BCUT2D eigenvalue weighted by Crippen LogP contribution is -1.95. The second-order valence-corrected chi connectivity index (χ2v) is 4.60. The van der Waals surface area contributed by atoms with Gasteiger partial charge >= 0.3 is 0 Å². The molecule has 3 nitrogen and oxygen atoms in total. The Morgan fingerprint density at radius 1 is 1.38 bits per heavy atom. The Hall–Kier alpha value is -1.42. The number of nitrogens with two attached hydrogens (primary N) is 1. The first kappa shape index (κ1) is 11.1. The van der Waals surface area contributed by atoms with Crippen molar-refractivity contribution in [1.82, 2.24) is 4.98 Å². The molecule has 4 heteroatoms. The van der Waals surface area contributed by atoms with Gasteiger partial charge in [-0.2, -0.15) is 0 Å². The number of thioether (sulfide) groups is 1. The van der Waals surface area contributed by atoms with Crippen molar-refractivity contribution < 1.29 is 4.42 Å². The summed E-state index contributed by atoms with van der Waals surface area (Å²) in [5.74, 6) is 0.925. The number of oxazole rings is 1. The molecule has 0 amide bonds. The van der Waals surface area contributed by atoms with E-state index in [0.29, 0.717) is 0 Å². The maximum Gasteiger partial charge on any atom is 0.255 e. The van der Waals surface area contributed by atoms with Gasteiger partial charge in [0.1, 0.15) is 6.26 Å². The van der Waals surface area contributed by atoms with E-state index in [9.17, 15) is 0 Å². The summed E-state index contributed by atoms with van der Waals surface area (Å²) in [5.41, 5.74) is 8.81. The monoisotopic (exact) mass is 234 g/mol. The standard InChI is InChI=1S/C12H14N2OS/c1-9-8-15-12(14-9)16-7-6-10-4-2-3-5-11(10)13/h2-5,8H,6-7,13H2,1H3. The van der Waals surface area contributed by atoms with Crippen molar-refractivity contribution >= 4 is 17.4 Å². The van der Waals surface area contributed by atoms with Crippen molar-refractivity contribution in [2.45, 2.75) is 18.6 Å². The number of aromatic nitrogens is 1. The van der Waals surface area contributed by atoms with Crippen molar-refractivity contribution in [2.24, 2.45) is 0 Å². The zero-order valence-corrected chi connectivity index (χ0v) is 9.96. The van der Waals surface area contributed by atoms with Gasteiger partial charge in [0.05, 0.1) is 5.69 Å². The van der Waals surface area contributed by atoms with Crippen molar-refractivity contribution in [1.29, 1.82) is 0 Å². The number of rotatable bonds is 4. The minimum atomic E-state index is 0.729. The number of nitrogens with zero attached hydrogens (tertiary/aromatic N) is 1. The summed E-state index contributed by atoms with van der Waals surface area (Å²) in [6.07, 6.45) is 2.60. The largest absolute Gasteiger partial charge is 0.440 e. The van der Waals surface area contributed by atoms with Crippen LogP contribution >= 0.6 is 11.8 Å². The molecule has 0 aliphatic heterocycles. The molecule has 0 radical (unpaired) electrons. The molecule has 1 aromatic carbocycles. The van der Waals surface area contributed by atoms with E-state index in [1.165, 1.54) is 5.56 Å². The molecule has 0 aliphatic carbocycles. The van der Waals surface area contributed by atoms with Crippen LogP contribution in [0.1, 0.15) is 11.3 Å². The third-order valence-electron chi connectivity index (χ3n) is 2.25. The van der Waals surface area contributed by atoms with Gasteiger partial charge in [-0.05, 0) is 25.0 Å². The minimum absolute atomic E-state index is 0.729. The molecule has 0 spiro atoms. The average molecular weight is 234 g/mol. The van der Waals surface area contributed by atoms with E-state index >= 15 is 0 Å². The van der Waals surface area contributed by atoms with Gasteiger partial charge in [-0.3, -0.25) is 0 Å². The normalized spacial score (nSPS) is 10.6. The van der Waals surface area contributed by atoms with Gasteiger partial charge in [0, 0.05) is 11.4 Å². The number of benzene rings is 1. The Kier molecular flexibility index (Phi) is 3.51. The molecule has 16 heavy (non-hydrogen) atoms. The fraction of sp³-hybridized carbons (Fsp3) is 0.250. The average Bonchev–Trinajstić information content (AvgIpc) is 2.67. The molecule has 2 N–H and O–H groups in total. The van der Waals surface area contributed by atoms with Gasteiger partial charge in [0.2, 0.25) is 0 Å². The van der Waals surface area contributed by atoms with Crippen LogP contribution in [0.2, 0.25) is 0 Å². The van der Waals surface area contributed by atoms with E-state index in [1.807, 2.05) is 25.1 Å². The lowest BCUT2D eigenvalue weighted by Gasteiger charge is -2.03. The molecule has 2 aromatic rings. The van der Waals surface area contributed by atoms with Crippen molar-refractivity contribution in [3.05, 3.63) is 41.8 Å². The number of hydrogen-bond acceptors (Lipinski definition) is 4. The lowest BCUT2D eigenvalue weighted by molar-refractivity contribution is 0.454. The molecule has 0 unspecified atom stereocenters. The summed E-state index contributed by atoms with van der Waals surface area (Å²) >= 11 is 1.61. The Morgan fingerprint density at radius 3 is 2.88 bits per heavy atom. The zero-order valence-electron chi connectivity index (χ0n) is 9.14. The van der Waals surface area contributed by atoms with E-state index in [4.69, 9.17) is 10.2 Å². The van der Waals surface area contributed by atoms with Gasteiger partial charge in [-0.15, -0.1) is 0 Å². The molecule has 0 saturated heterocycles. The molecule has 2 rings (SSSR count). The molecule has 0 saturated carbocycles. The SMILES string of the molecule is Cc1coc(SCCc2ccccc2N)n1. The smallest absolute Gasteiger partial charge is 0.255 e. The van der Waals surface area contributed by atoms with Crippen LogP contribution in [0.5, 0.6) is 0 Å². The van der Waals surface area contributed by atoms with Crippen molar-refractivity contribution in [3.63, 3.8) is 0 Å². The highest BCUT2D eigenvalue weighted by atomic mass is 32.2. The Labute approximate surface area is 99.1 Å². The quantitative estimate of drug-likeness (QED) is 0.653. The Bertz CT molecular complexity index is 468. The van der Waals surface area contributed by atoms with Crippen LogP contribution in [0.15, 0.2) is 40.2 Å². The number of anilines is 1. The fourth-order valence-corrected chi connectivity index (χ4v) is 2.23. The van der Waals surface area contributed by atoms with Crippen molar-refractivity contribution in [3.8, 4) is 0 Å². The van der Waals surface area contributed by atoms with E-state index in [0.717, 1.165) is 28.8 Å². The molecule has 0 atom stereocenters. The van der Waals surface area contributed by atoms with Crippen LogP contribution in [-0.2, 0) is 6.42 Å². The number of nitrogen functional groups attached to an aromatic ring is 1. The minimum Gasteiger partial charge on any atom is -0.440 e. The highest BCUT2D eigenvalue weighted by Gasteiger charge is 2.02. The van der Waals surface area contributed by atoms with Crippen LogP contribution in [0.25, 0.3) is 0 Å². The molecule has 1 heterocycles. The first-order valence-corrected chi connectivity index (χ1v) is 6.12. The number of hydrogen-bond donors (Lipinski definition) is 1. The van der Waals surface area contributed by atoms with E-state index < -0.39 is 0 Å². The summed E-state index contributed by atoms with van der Waals surface area (Å²) in [6.45, 7) is 1.92. The maximum absolute atomic E-state index is 5.86. The summed E-state index contributed by atoms with van der Waals surface area (Å²) in [6, 6.07) is 7.93. The first-order chi connectivity index (χ1) is 7.75. The van der Waals surface area contributed by atoms with E-state index in [1.54, 1.807) is 18.0 Å². The highest BCUT2D eigenvalue weighted by molar-refractivity contribution is 7.99. The predicted octanol–water partition coefficient (Wildman–Crippen LogP) is 2.90. The van der Waals surface area contributed by atoms with Gasteiger partial charge < -0.3 is 10.2 Å².